The van der Waals surface area contributed by atoms with Crippen molar-refractivity contribution in [2.45, 2.75) is 12.8 Å². The summed E-state index contributed by atoms with van der Waals surface area (Å²) in [5, 5.41) is 0. The Morgan fingerprint density at radius 1 is 1.00 bits per heavy atom. The van der Waals surface area contributed by atoms with Crippen molar-refractivity contribution in [3.05, 3.63) is 65.9 Å². The summed E-state index contributed by atoms with van der Waals surface area (Å²) in [7, 11) is 0. The fourth-order valence-corrected chi connectivity index (χ4v) is 4.37. The van der Waals surface area contributed by atoms with Crippen molar-refractivity contribution in [2.24, 2.45) is 5.92 Å². The number of para-hydroxylation sites is 2. The largest absolute Gasteiger partial charge is 0.378 e. The van der Waals surface area contributed by atoms with Crippen LogP contribution in [0.2, 0.25) is 0 Å². The van der Waals surface area contributed by atoms with E-state index in [1.54, 1.807) is 0 Å². The molecule has 6 nitrogen and oxygen atoms in total. The van der Waals surface area contributed by atoms with Gasteiger partial charge in [0.25, 0.3) is 5.91 Å². The Balaban J connectivity index is 1.20. The normalized spacial score (nSPS) is 19.4. The topological polar surface area (TPSA) is 58.6 Å². The lowest BCUT2D eigenvalue weighted by molar-refractivity contribution is 0.0303. The second-order valence-corrected chi connectivity index (χ2v) is 8.12. The van der Waals surface area contributed by atoms with Crippen molar-refractivity contribution in [1.82, 2.24) is 14.9 Å². The molecular weight excluding hydrogens is 376 g/mol. The van der Waals surface area contributed by atoms with E-state index in [4.69, 9.17) is 9.72 Å². The number of carbonyl (C=O) groups excluding carboxylic acids is 1. The lowest BCUT2D eigenvalue weighted by Crippen LogP contribution is -2.40. The Kier molecular flexibility index (Phi) is 5.32. The summed E-state index contributed by atoms with van der Waals surface area (Å²) in [6.45, 7) is 4.60. The van der Waals surface area contributed by atoms with Gasteiger partial charge in [0.2, 0.25) is 0 Å². The highest BCUT2D eigenvalue weighted by Gasteiger charge is 2.24. The molecule has 0 spiro atoms. The van der Waals surface area contributed by atoms with Gasteiger partial charge in [0.05, 0.1) is 30.4 Å². The van der Waals surface area contributed by atoms with Gasteiger partial charge in [-0.1, -0.05) is 24.3 Å². The molecule has 2 fully saturated rings. The number of benzene rings is 2. The van der Waals surface area contributed by atoms with Crippen LogP contribution in [0.4, 0.5) is 5.82 Å². The van der Waals surface area contributed by atoms with Crippen LogP contribution < -0.4 is 4.90 Å². The maximum Gasteiger partial charge on any atom is 0.254 e. The van der Waals surface area contributed by atoms with Crippen LogP contribution in [0, 0.1) is 5.92 Å². The van der Waals surface area contributed by atoms with Crippen LogP contribution in [0.15, 0.2) is 54.7 Å². The molecule has 5 rings (SSSR count). The highest BCUT2D eigenvalue weighted by atomic mass is 16.5. The van der Waals surface area contributed by atoms with E-state index < -0.39 is 0 Å². The average Bonchev–Trinajstić information content (AvgIpc) is 3.28. The molecular formula is C24H26N4O2. The number of amides is 1. The van der Waals surface area contributed by atoms with Gasteiger partial charge < -0.3 is 14.5 Å². The molecule has 0 bridgehead atoms. The van der Waals surface area contributed by atoms with E-state index >= 15 is 0 Å². The van der Waals surface area contributed by atoms with E-state index in [1.807, 2.05) is 47.5 Å². The first-order valence-electron chi connectivity index (χ1n) is 10.7. The smallest absolute Gasteiger partial charge is 0.254 e. The maximum atomic E-state index is 12.6. The second kappa shape index (κ2) is 8.40. The van der Waals surface area contributed by atoms with Gasteiger partial charge in [-0.15, -0.1) is 0 Å². The zero-order valence-corrected chi connectivity index (χ0v) is 17.0. The third kappa shape index (κ3) is 4.00. The highest BCUT2D eigenvalue weighted by molar-refractivity contribution is 5.94. The van der Waals surface area contributed by atoms with Gasteiger partial charge in [0.1, 0.15) is 5.82 Å². The molecule has 0 saturated carbocycles. The van der Waals surface area contributed by atoms with Crippen molar-refractivity contribution < 1.29 is 9.53 Å². The zero-order chi connectivity index (χ0) is 20.3. The number of carbonyl (C=O) groups is 1. The first kappa shape index (κ1) is 19.0. The summed E-state index contributed by atoms with van der Waals surface area (Å²) in [6.07, 6.45) is 4.04. The van der Waals surface area contributed by atoms with E-state index in [2.05, 4.69) is 22.0 Å². The molecule has 0 radical (unpaired) electrons. The quantitative estimate of drug-likeness (QED) is 0.671. The van der Waals surface area contributed by atoms with Crippen LogP contribution in [-0.4, -0.2) is 60.2 Å². The Bertz CT molecular complexity index is 1030. The molecule has 6 heteroatoms. The van der Waals surface area contributed by atoms with Crippen LogP contribution in [-0.2, 0) is 11.2 Å². The van der Waals surface area contributed by atoms with Crippen molar-refractivity contribution in [2.75, 3.05) is 44.3 Å². The van der Waals surface area contributed by atoms with E-state index in [0.717, 1.165) is 48.3 Å². The number of rotatable bonds is 4. The summed E-state index contributed by atoms with van der Waals surface area (Å²) >= 11 is 0. The standard InChI is InChI=1S/C24H26N4O2/c29-24(27-11-13-30-14-12-27)20-7-5-18(6-8-20)15-19-9-10-28(17-19)23-16-25-21-3-1-2-4-22(21)26-23/h1-8,16,19H,9-15,17H2. The minimum absolute atomic E-state index is 0.103. The Labute approximate surface area is 176 Å². The fraction of sp³-hybridized carbons (Fsp3) is 0.375. The van der Waals surface area contributed by atoms with Gasteiger partial charge in [-0.25, -0.2) is 4.98 Å². The monoisotopic (exact) mass is 402 g/mol. The molecule has 2 aliphatic heterocycles. The number of nitrogens with zero attached hydrogens (tertiary/aromatic N) is 4. The van der Waals surface area contributed by atoms with Gasteiger partial charge in [0, 0.05) is 31.7 Å². The minimum Gasteiger partial charge on any atom is -0.378 e. The molecule has 2 aliphatic rings. The van der Waals surface area contributed by atoms with Crippen LogP contribution in [0.5, 0.6) is 0 Å². The SMILES string of the molecule is O=C(c1ccc(CC2CCN(c3cnc4ccccc4n3)C2)cc1)N1CCOCC1. The van der Waals surface area contributed by atoms with Crippen LogP contribution in [0.25, 0.3) is 11.0 Å². The van der Waals surface area contributed by atoms with Crippen molar-refractivity contribution in [1.29, 1.82) is 0 Å². The van der Waals surface area contributed by atoms with Gasteiger partial charge in [-0.05, 0) is 48.6 Å². The maximum absolute atomic E-state index is 12.6. The molecule has 3 heterocycles. The first-order valence-corrected chi connectivity index (χ1v) is 10.7. The molecule has 3 aromatic rings. The average molecular weight is 402 g/mol. The van der Waals surface area contributed by atoms with Crippen molar-refractivity contribution in [3.63, 3.8) is 0 Å². The molecule has 1 aromatic heterocycles. The molecule has 154 valence electrons. The lowest BCUT2D eigenvalue weighted by Gasteiger charge is -2.26. The van der Waals surface area contributed by atoms with E-state index in [1.165, 1.54) is 5.56 Å². The predicted molar refractivity (Wildman–Crippen MR) is 117 cm³/mol. The van der Waals surface area contributed by atoms with E-state index in [9.17, 15) is 4.79 Å². The second-order valence-electron chi connectivity index (χ2n) is 8.12. The summed E-state index contributed by atoms with van der Waals surface area (Å²) < 4.78 is 5.33. The van der Waals surface area contributed by atoms with Crippen molar-refractivity contribution >= 4 is 22.8 Å². The molecule has 30 heavy (non-hydrogen) atoms. The van der Waals surface area contributed by atoms with E-state index in [-0.39, 0.29) is 5.91 Å². The summed E-state index contributed by atoms with van der Waals surface area (Å²) in [5.74, 6) is 1.65. The third-order valence-corrected chi connectivity index (χ3v) is 6.07. The number of fused-ring (bicyclic) bond motifs is 1. The number of anilines is 1. The number of aromatic nitrogens is 2. The summed E-state index contributed by atoms with van der Waals surface area (Å²) in [6, 6.07) is 16.1. The number of hydrogen-bond acceptors (Lipinski definition) is 5. The molecule has 1 amide bonds. The molecule has 1 atom stereocenters. The number of ether oxygens (including phenoxy) is 1. The van der Waals surface area contributed by atoms with Crippen molar-refractivity contribution in [3.8, 4) is 0 Å². The fourth-order valence-electron chi connectivity index (χ4n) is 4.37. The lowest BCUT2D eigenvalue weighted by atomic mass is 9.98. The van der Waals surface area contributed by atoms with Gasteiger partial charge in [-0.2, -0.15) is 0 Å². The third-order valence-electron chi connectivity index (χ3n) is 6.07. The van der Waals surface area contributed by atoms with Crippen LogP contribution in [0.3, 0.4) is 0 Å². The predicted octanol–water partition coefficient (Wildman–Crippen LogP) is 3.17. The molecule has 2 saturated heterocycles. The summed E-state index contributed by atoms with van der Waals surface area (Å²) in [5.41, 5.74) is 3.92. The van der Waals surface area contributed by atoms with E-state index in [0.29, 0.717) is 32.2 Å². The Hall–Kier alpha value is -2.99. The highest BCUT2D eigenvalue weighted by Crippen LogP contribution is 2.26. The van der Waals surface area contributed by atoms with Gasteiger partial charge in [-0.3, -0.25) is 9.78 Å². The molecule has 2 aromatic carbocycles. The number of hydrogen-bond donors (Lipinski definition) is 0. The molecule has 0 aliphatic carbocycles. The van der Waals surface area contributed by atoms with Gasteiger partial charge >= 0.3 is 0 Å². The zero-order valence-electron chi connectivity index (χ0n) is 17.0. The van der Waals surface area contributed by atoms with Crippen LogP contribution >= 0.6 is 0 Å². The summed E-state index contributed by atoms with van der Waals surface area (Å²) in [4.78, 5) is 26.1. The Morgan fingerprint density at radius 3 is 2.57 bits per heavy atom. The molecule has 0 N–H and O–H groups in total. The molecule has 1 unspecified atom stereocenters. The van der Waals surface area contributed by atoms with Gasteiger partial charge in [0.15, 0.2) is 0 Å². The Morgan fingerprint density at radius 2 is 1.77 bits per heavy atom. The van der Waals surface area contributed by atoms with Crippen LogP contribution in [0.1, 0.15) is 22.3 Å². The first-order chi connectivity index (χ1) is 14.8. The minimum atomic E-state index is 0.103. The number of morpholine rings is 1.